The Kier molecular flexibility index (Phi) is 17.0. The average molecular weight is 864 g/mol. The molecular weight excluding hydrogens is 836 g/mol. The maximum Gasteiger partial charge on any atom is 2.00 e. The Balaban J connectivity index is 0.00000420. The van der Waals surface area contributed by atoms with Crippen molar-refractivity contribution < 1.29 is 81.2 Å². The number of halogens is 2. The van der Waals surface area contributed by atoms with Gasteiger partial charge in [0.15, 0.2) is 0 Å². The molecule has 0 aliphatic heterocycles. The van der Waals surface area contributed by atoms with Crippen LogP contribution in [0.3, 0.4) is 0 Å². The van der Waals surface area contributed by atoms with Crippen molar-refractivity contribution in [3.63, 3.8) is 0 Å². The van der Waals surface area contributed by atoms with E-state index < -0.39 is 12.2 Å². The van der Waals surface area contributed by atoms with Gasteiger partial charge < -0.3 is 22.4 Å². The molecule has 0 heterocycles. The van der Waals surface area contributed by atoms with Crippen molar-refractivity contribution in [2.75, 3.05) is 0 Å². The van der Waals surface area contributed by atoms with Crippen LogP contribution in [0.5, 0.6) is 0 Å². The fourth-order valence-electron chi connectivity index (χ4n) is 2.96. The van der Waals surface area contributed by atoms with Gasteiger partial charge in [0.2, 0.25) is 0 Å². The van der Waals surface area contributed by atoms with Gasteiger partial charge in [0, 0.05) is 11.6 Å². The van der Waals surface area contributed by atoms with E-state index in [0.717, 1.165) is 11.1 Å². The zero-order valence-corrected chi connectivity index (χ0v) is 25.2. The maximum atomic E-state index is 13.1. The molecule has 0 aromatic heterocycles. The first-order chi connectivity index (χ1) is 13.4. The third kappa shape index (κ3) is 12.4. The van der Waals surface area contributed by atoms with Crippen LogP contribution in [-0.4, -0.2) is 22.4 Å². The fourth-order valence-corrected chi connectivity index (χ4v) is 2.96. The van der Waals surface area contributed by atoms with Gasteiger partial charge in [-0.05, 0) is 0 Å². The monoisotopic (exact) mass is 863 g/mol. The minimum absolute atomic E-state index is 0. The fraction of sp³-hybridized carbons (Fsp3) is 0.391. The average Bonchev–Trinajstić information content (AvgIpc) is 2.66. The summed E-state index contributed by atoms with van der Waals surface area (Å²) in [5.41, 5.74) is 7.42. The zero-order chi connectivity index (χ0) is 20.4. The predicted octanol–water partition coefficient (Wildman–Crippen LogP) is 3.72. The van der Waals surface area contributed by atoms with Crippen LogP contribution in [-0.2, 0) is 12.8 Å². The number of aliphatic hydroxyl groups is 2. The second-order valence-electron chi connectivity index (χ2n) is 6.93. The molecule has 2 aromatic carbocycles. The van der Waals surface area contributed by atoms with Gasteiger partial charge in [-0.15, -0.1) is 24.3 Å². The smallest absolute Gasteiger partial charge is 0.478 e. The van der Waals surface area contributed by atoms with Gasteiger partial charge in [0.05, 0.1) is 0 Å². The summed E-state index contributed by atoms with van der Waals surface area (Å²) in [6, 6.07) is 15.0. The van der Waals surface area contributed by atoms with Gasteiger partial charge in [-0.25, -0.2) is 14.8 Å². The van der Waals surface area contributed by atoms with Gasteiger partial charge in [-0.1, -0.05) is 44.3 Å². The van der Waals surface area contributed by atoms with E-state index in [4.69, 9.17) is 5.73 Å². The van der Waals surface area contributed by atoms with E-state index in [1.54, 1.807) is 12.5 Å². The van der Waals surface area contributed by atoms with Gasteiger partial charge in [-0.3, -0.25) is 0 Å². The number of rotatable bonds is 12. The summed E-state index contributed by atoms with van der Waals surface area (Å²) in [7, 11) is 0. The first-order valence-corrected chi connectivity index (χ1v) is 9.57. The number of benzene rings is 2. The molecule has 2 atom stereocenters. The minimum Gasteiger partial charge on any atom is -0.478 e. The molecule has 0 radical (unpaired) electrons. The Morgan fingerprint density at radius 2 is 1.53 bits per heavy atom. The summed E-state index contributed by atoms with van der Waals surface area (Å²) in [5.74, 6) is -0.596. The van der Waals surface area contributed by atoms with Crippen molar-refractivity contribution >= 4 is 0 Å². The minimum atomic E-state index is -0.748. The molecule has 0 fully saturated rings. The Morgan fingerprint density at radius 3 is 2.10 bits per heavy atom. The van der Waals surface area contributed by atoms with E-state index in [-0.39, 0.29) is 73.9 Å². The van der Waals surface area contributed by atoms with E-state index in [1.165, 1.54) is 30.3 Å². The quantitative estimate of drug-likeness (QED) is 0.286. The van der Waals surface area contributed by atoms with E-state index in [1.807, 2.05) is 0 Å². The van der Waals surface area contributed by atoms with Crippen LogP contribution in [0.25, 0.3) is 0 Å². The number of hydrogen-bond donors (Lipinski definition) is 3. The molecule has 0 unspecified atom stereocenters. The van der Waals surface area contributed by atoms with Crippen molar-refractivity contribution in [2.45, 2.75) is 57.2 Å². The van der Waals surface area contributed by atoms with Gasteiger partial charge in [0.1, 0.15) is 0 Å². The molecule has 0 saturated carbocycles. The molecule has 7 heteroatoms. The Hall–Kier alpha value is 0.284. The predicted molar refractivity (Wildman–Crippen MR) is 105 cm³/mol. The molecule has 0 spiro atoms. The van der Waals surface area contributed by atoms with Crippen LogP contribution in [0.4, 0.5) is 8.78 Å². The first-order valence-electron chi connectivity index (χ1n) is 9.57. The summed E-state index contributed by atoms with van der Waals surface area (Å²) in [5, 5.41) is 20.1. The molecule has 0 aliphatic rings. The Labute approximate surface area is 226 Å². The zero-order valence-electron chi connectivity index (χ0n) is 16.9. The molecule has 158 valence electrons. The van der Waals surface area contributed by atoms with E-state index in [0.29, 0.717) is 51.0 Å². The Morgan fingerprint density at radius 1 is 0.967 bits per heavy atom. The van der Waals surface area contributed by atoms with Crippen molar-refractivity contribution in [2.24, 2.45) is 5.73 Å². The Bertz CT molecular complexity index is 721. The van der Waals surface area contributed by atoms with Crippen molar-refractivity contribution in [3.05, 3.63) is 83.8 Å². The van der Waals surface area contributed by atoms with Crippen molar-refractivity contribution in [1.82, 2.24) is 0 Å². The van der Waals surface area contributed by atoms with Crippen LogP contribution in [0.15, 0.2) is 36.4 Å². The van der Waals surface area contributed by atoms with E-state index >= 15 is 0 Å². The van der Waals surface area contributed by atoms with Gasteiger partial charge in [0.25, 0.3) is 0 Å². The normalized spacial score (nSPS) is 12.7. The van der Waals surface area contributed by atoms with Crippen LogP contribution < -0.4 is 5.73 Å². The molecule has 0 aliphatic carbocycles. The molecule has 0 amide bonds. The summed E-state index contributed by atoms with van der Waals surface area (Å²) >= 11 is 0. The summed E-state index contributed by atoms with van der Waals surface area (Å²) in [4.78, 5) is 0. The molecule has 30 heavy (non-hydrogen) atoms. The molecular formula is C23H27F2NO2U2. The van der Waals surface area contributed by atoms with E-state index in [9.17, 15) is 19.0 Å². The van der Waals surface area contributed by atoms with Crippen molar-refractivity contribution in [3.8, 4) is 0 Å². The standard InChI is InChI=1S/C23H27F2NO2.2U/c24-19-8-1-5-17(15-19)7-3-10-21(27)11-4-12-23(28)22(26)14-13-18-6-2-9-20(25)16-18;;/h1-2,8-10,15-16,21,23,27-28H,3-4,7,11-14,26H2;;/q-4;2*+2/t21-,23+;;/m0../s1. The summed E-state index contributed by atoms with van der Waals surface area (Å²) in [6.45, 7) is 0. The molecule has 2 rings (SSSR count). The summed E-state index contributed by atoms with van der Waals surface area (Å²) in [6.07, 6.45) is 4.30. The van der Waals surface area contributed by atoms with Gasteiger partial charge >= 0.3 is 62.2 Å². The molecule has 0 saturated heterocycles. The largest absolute Gasteiger partial charge is 2.00 e. The second kappa shape index (κ2) is 16.9. The topological polar surface area (TPSA) is 66.5 Å². The van der Waals surface area contributed by atoms with Crippen molar-refractivity contribution in [1.29, 1.82) is 0 Å². The third-order valence-electron chi connectivity index (χ3n) is 4.59. The molecule has 3 nitrogen and oxygen atoms in total. The van der Waals surface area contributed by atoms with Gasteiger partial charge in [-0.2, -0.15) is 48.2 Å². The number of hydrogen-bond acceptors (Lipinski definition) is 3. The molecule has 0 bridgehead atoms. The summed E-state index contributed by atoms with van der Waals surface area (Å²) < 4.78 is 26.2. The third-order valence-corrected chi connectivity index (χ3v) is 4.59. The second-order valence-corrected chi connectivity index (χ2v) is 6.93. The van der Waals surface area contributed by atoms with E-state index in [2.05, 4.69) is 12.1 Å². The SMILES string of the molecule is N[C-](CCc1[c-]ccc(F)c1)[C@H](O)CCC[C@@H](O)[CH-]CCc1[c-]ccc(F)c1.[U+2].[U+2]. The van der Waals surface area contributed by atoms with Crippen LogP contribution >= 0.6 is 0 Å². The van der Waals surface area contributed by atoms with Crippen LogP contribution in [0.2, 0.25) is 0 Å². The molecule has 2 aromatic rings. The number of aliphatic hydroxyl groups excluding tert-OH is 2. The van der Waals surface area contributed by atoms with Crippen LogP contribution in [0, 0.1) is 98.5 Å². The first kappa shape index (κ1) is 30.3. The van der Waals surface area contributed by atoms with Crippen LogP contribution in [0.1, 0.15) is 43.2 Å². The number of aryl methyl sites for hydroxylation is 2. The maximum absolute atomic E-state index is 13.1. The molecule has 4 N–H and O–H groups in total. The number of nitrogens with two attached hydrogens (primary N) is 1.